The maximum absolute atomic E-state index is 13.7. The van der Waals surface area contributed by atoms with Gasteiger partial charge in [-0.1, -0.05) is 12.1 Å². The standard InChI is InChI=1S/C28H38N6O5/c1-39-16-15-32(19-20-4-10-24(11-5-20)34(37)38)25-12-14-33(28(36)21-3-2-13-30-18-21)26(17-25)27(35)31-23-8-6-22(29)7-9-23/h2-5,10-11,13,18,22-23,25-26H,6-9,12,14-17,19,29H2,1H3,(H,31,35)/t22?,23?,25?,26-/m1/s1. The van der Waals surface area contributed by atoms with Gasteiger partial charge in [-0.05, 0) is 56.2 Å². The number of nitro groups is 1. The Morgan fingerprint density at radius 2 is 1.92 bits per heavy atom. The lowest BCUT2D eigenvalue weighted by molar-refractivity contribution is -0.384. The molecule has 2 amide bonds. The number of nitrogens with one attached hydrogen (secondary N) is 1. The van der Waals surface area contributed by atoms with Crippen molar-refractivity contribution < 1.29 is 19.2 Å². The van der Waals surface area contributed by atoms with Gasteiger partial charge in [0.15, 0.2) is 0 Å². The monoisotopic (exact) mass is 538 g/mol. The van der Waals surface area contributed by atoms with Gasteiger partial charge in [-0.3, -0.25) is 29.6 Å². The van der Waals surface area contributed by atoms with Gasteiger partial charge in [-0.25, -0.2) is 0 Å². The van der Waals surface area contributed by atoms with Crippen LogP contribution >= 0.6 is 0 Å². The predicted octanol–water partition coefficient (Wildman–Crippen LogP) is 2.50. The maximum Gasteiger partial charge on any atom is 0.269 e. The normalized spacial score (nSPS) is 23.4. The van der Waals surface area contributed by atoms with E-state index in [0.29, 0.717) is 44.6 Å². The van der Waals surface area contributed by atoms with Crippen molar-refractivity contribution in [2.75, 3.05) is 26.8 Å². The van der Waals surface area contributed by atoms with E-state index in [4.69, 9.17) is 10.5 Å². The fraction of sp³-hybridized carbons (Fsp3) is 0.536. The predicted molar refractivity (Wildman–Crippen MR) is 146 cm³/mol. The third-order valence-corrected chi connectivity index (χ3v) is 7.80. The zero-order chi connectivity index (χ0) is 27.8. The third-order valence-electron chi connectivity index (χ3n) is 7.80. The number of benzene rings is 1. The van der Waals surface area contributed by atoms with Crippen LogP contribution in [0, 0.1) is 10.1 Å². The number of non-ortho nitro benzene ring substituents is 1. The number of carbonyl (C=O) groups excluding carboxylic acids is 2. The molecule has 2 aromatic rings. The number of amides is 2. The van der Waals surface area contributed by atoms with Crippen LogP contribution in [0.2, 0.25) is 0 Å². The van der Waals surface area contributed by atoms with Gasteiger partial charge in [-0.15, -0.1) is 0 Å². The molecular weight excluding hydrogens is 500 g/mol. The molecule has 2 fully saturated rings. The molecule has 1 aromatic heterocycles. The van der Waals surface area contributed by atoms with Gasteiger partial charge >= 0.3 is 0 Å². The summed E-state index contributed by atoms with van der Waals surface area (Å²) in [4.78, 5) is 45.8. The highest BCUT2D eigenvalue weighted by Gasteiger charge is 2.39. The molecule has 3 N–H and O–H groups in total. The molecule has 1 aromatic carbocycles. The van der Waals surface area contributed by atoms with Crippen LogP contribution < -0.4 is 11.1 Å². The largest absolute Gasteiger partial charge is 0.383 e. The number of hydrogen-bond acceptors (Lipinski definition) is 8. The summed E-state index contributed by atoms with van der Waals surface area (Å²) in [6, 6.07) is 9.59. The molecule has 2 atom stereocenters. The fourth-order valence-corrected chi connectivity index (χ4v) is 5.54. The minimum Gasteiger partial charge on any atom is -0.383 e. The summed E-state index contributed by atoms with van der Waals surface area (Å²) in [6.45, 7) is 2.11. The summed E-state index contributed by atoms with van der Waals surface area (Å²) >= 11 is 0. The number of methoxy groups -OCH3 is 1. The van der Waals surface area contributed by atoms with Crippen molar-refractivity contribution in [2.24, 2.45) is 5.73 Å². The van der Waals surface area contributed by atoms with Crippen LogP contribution in [0.5, 0.6) is 0 Å². The number of rotatable bonds is 10. The van der Waals surface area contributed by atoms with Crippen LogP contribution in [0.4, 0.5) is 5.69 Å². The van der Waals surface area contributed by atoms with E-state index in [1.807, 2.05) is 0 Å². The molecule has 210 valence electrons. The van der Waals surface area contributed by atoms with E-state index in [0.717, 1.165) is 31.2 Å². The van der Waals surface area contributed by atoms with E-state index in [1.54, 1.807) is 42.5 Å². The second kappa shape index (κ2) is 13.6. The van der Waals surface area contributed by atoms with Crippen LogP contribution in [0.15, 0.2) is 48.8 Å². The van der Waals surface area contributed by atoms with Crippen LogP contribution in [-0.2, 0) is 16.1 Å². The Labute approximate surface area is 228 Å². The Hall–Kier alpha value is -3.41. The van der Waals surface area contributed by atoms with E-state index >= 15 is 0 Å². The number of ether oxygens (including phenoxy) is 1. The molecule has 0 bridgehead atoms. The van der Waals surface area contributed by atoms with Gasteiger partial charge in [-0.2, -0.15) is 0 Å². The molecule has 0 radical (unpaired) electrons. The highest BCUT2D eigenvalue weighted by molar-refractivity contribution is 5.97. The van der Waals surface area contributed by atoms with Crippen molar-refractivity contribution in [3.63, 3.8) is 0 Å². The first kappa shape index (κ1) is 28.6. The molecule has 39 heavy (non-hydrogen) atoms. The average molecular weight is 539 g/mol. The van der Waals surface area contributed by atoms with Crippen molar-refractivity contribution in [1.29, 1.82) is 0 Å². The van der Waals surface area contributed by atoms with Gasteiger partial charge < -0.3 is 20.7 Å². The van der Waals surface area contributed by atoms with Crippen LogP contribution in [-0.4, -0.2) is 82.5 Å². The highest BCUT2D eigenvalue weighted by atomic mass is 16.6. The van der Waals surface area contributed by atoms with Gasteiger partial charge in [0.05, 0.1) is 17.1 Å². The first-order valence-electron chi connectivity index (χ1n) is 13.6. The zero-order valence-corrected chi connectivity index (χ0v) is 22.4. The van der Waals surface area contributed by atoms with Gasteiger partial charge in [0.25, 0.3) is 11.6 Å². The topological polar surface area (TPSA) is 144 Å². The van der Waals surface area contributed by atoms with E-state index in [-0.39, 0.29) is 35.6 Å². The molecule has 1 saturated carbocycles. The highest BCUT2D eigenvalue weighted by Crippen LogP contribution is 2.27. The van der Waals surface area contributed by atoms with Crippen molar-refractivity contribution >= 4 is 17.5 Å². The second-order valence-electron chi connectivity index (χ2n) is 10.4. The molecule has 11 nitrogen and oxygen atoms in total. The minimum absolute atomic E-state index is 0.0174. The van der Waals surface area contributed by atoms with E-state index < -0.39 is 11.0 Å². The number of nitro benzene ring substituents is 1. The Kier molecular flexibility index (Phi) is 9.96. The minimum atomic E-state index is -0.631. The molecule has 1 unspecified atom stereocenters. The molecular formula is C28H38N6O5. The molecule has 1 aliphatic carbocycles. The lowest BCUT2D eigenvalue weighted by Crippen LogP contribution is -2.58. The summed E-state index contributed by atoms with van der Waals surface area (Å²) in [5.74, 6) is -0.342. The summed E-state index contributed by atoms with van der Waals surface area (Å²) in [6.07, 6.45) is 7.72. The SMILES string of the molecule is COCCN(Cc1ccc([N+](=O)[O-])cc1)C1CCN(C(=O)c2cccnc2)[C@@H](C(=O)NC2CCC(N)CC2)C1. The summed E-state index contributed by atoms with van der Waals surface area (Å²) in [5.41, 5.74) is 7.49. The lowest BCUT2D eigenvalue weighted by atomic mass is 9.90. The number of pyridine rings is 1. The van der Waals surface area contributed by atoms with Crippen LogP contribution in [0.25, 0.3) is 0 Å². The van der Waals surface area contributed by atoms with Crippen molar-refractivity contribution in [1.82, 2.24) is 20.1 Å². The second-order valence-corrected chi connectivity index (χ2v) is 10.4. The Morgan fingerprint density at radius 1 is 1.18 bits per heavy atom. The first-order chi connectivity index (χ1) is 18.9. The number of likely N-dealkylation sites (tertiary alicyclic amines) is 1. The lowest BCUT2D eigenvalue weighted by Gasteiger charge is -2.43. The van der Waals surface area contributed by atoms with Gasteiger partial charge in [0.1, 0.15) is 6.04 Å². The molecule has 0 spiro atoms. The van der Waals surface area contributed by atoms with Crippen molar-refractivity contribution in [2.45, 2.75) is 69.2 Å². The Bertz CT molecular complexity index is 1110. The smallest absolute Gasteiger partial charge is 0.269 e. The molecule has 1 aliphatic heterocycles. The Balaban J connectivity index is 1.53. The van der Waals surface area contributed by atoms with Crippen LogP contribution in [0.3, 0.4) is 0 Å². The number of hydrogen-bond donors (Lipinski definition) is 2. The Morgan fingerprint density at radius 3 is 2.56 bits per heavy atom. The van der Waals surface area contributed by atoms with Gasteiger partial charge in [0.2, 0.25) is 5.91 Å². The molecule has 4 rings (SSSR count). The maximum atomic E-state index is 13.7. The van der Waals surface area contributed by atoms with Gasteiger partial charge in [0, 0.05) is 69.4 Å². The summed E-state index contributed by atoms with van der Waals surface area (Å²) < 4.78 is 5.36. The number of carbonyl (C=O) groups is 2. The first-order valence-corrected chi connectivity index (χ1v) is 13.6. The van der Waals surface area contributed by atoms with Crippen molar-refractivity contribution in [3.8, 4) is 0 Å². The summed E-state index contributed by atoms with van der Waals surface area (Å²) in [7, 11) is 1.64. The summed E-state index contributed by atoms with van der Waals surface area (Å²) in [5, 5.41) is 14.3. The molecule has 2 heterocycles. The zero-order valence-electron chi connectivity index (χ0n) is 22.4. The number of nitrogens with two attached hydrogens (primary N) is 1. The van der Waals surface area contributed by atoms with E-state index in [1.165, 1.54) is 18.3 Å². The number of nitrogens with zero attached hydrogens (tertiary/aromatic N) is 4. The molecule has 11 heteroatoms. The average Bonchev–Trinajstić information content (AvgIpc) is 2.96. The number of piperidine rings is 1. The van der Waals surface area contributed by atoms with E-state index in [2.05, 4.69) is 15.2 Å². The fourth-order valence-electron chi connectivity index (χ4n) is 5.54. The van der Waals surface area contributed by atoms with Crippen LogP contribution in [0.1, 0.15) is 54.4 Å². The van der Waals surface area contributed by atoms with Crippen molar-refractivity contribution in [3.05, 3.63) is 70.0 Å². The molecule has 2 aliphatic rings. The van der Waals surface area contributed by atoms with E-state index in [9.17, 15) is 19.7 Å². The number of aromatic nitrogens is 1. The molecule has 1 saturated heterocycles. The third kappa shape index (κ3) is 7.59. The quantitative estimate of drug-likeness (QED) is 0.347.